The summed E-state index contributed by atoms with van der Waals surface area (Å²) < 4.78 is 8.17. The second kappa shape index (κ2) is 5.61. The van der Waals surface area contributed by atoms with Crippen molar-refractivity contribution >= 4 is 11.1 Å². The largest absolute Gasteiger partial charge is 0.440 e. The lowest BCUT2D eigenvalue weighted by atomic mass is 9.98. The summed E-state index contributed by atoms with van der Waals surface area (Å²) in [7, 11) is 2.11. The average Bonchev–Trinajstić information content (AvgIpc) is 3.14. The fourth-order valence-corrected chi connectivity index (χ4v) is 3.36. The van der Waals surface area contributed by atoms with Crippen LogP contribution in [0.3, 0.4) is 0 Å². The van der Waals surface area contributed by atoms with Crippen LogP contribution in [0.1, 0.15) is 30.3 Å². The molecule has 3 heterocycles. The maximum absolute atomic E-state index is 5.97. The van der Waals surface area contributed by atoms with Gasteiger partial charge in [0.1, 0.15) is 5.52 Å². The molecular weight excluding hydrogens is 274 g/mol. The van der Waals surface area contributed by atoms with E-state index in [1.807, 2.05) is 24.3 Å². The van der Waals surface area contributed by atoms with Crippen LogP contribution in [0.4, 0.5) is 0 Å². The minimum absolute atomic E-state index is 0.404. The predicted octanol–water partition coefficient (Wildman–Crippen LogP) is 3.55. The number of hydrogen-bond donors (Lipinski definition) is 0. The van der Waals surface area contributed by atoms with Gasteiger partial charge in [-0.1, -0.05) is 12.1 Å². The first-order valence-corrected chi connectivity index (χ1v) is 7.97. The molecular formula is C18H21N3O. The van der Waals surface area contributed by atoms with Gasteiger partial charge in [0.25, 0.3) is 0 Å². The van der Waals surface area contributed by atoms with Gasteiger partial charge < -0.3 is 8.98 Å². The third-order valence-corrected chi connectivity index (χ3v) is 4.60. The Morgan fingerprint density at radius 1 is 1.23 bits per heavy atom. The molecule has 1 saturated heterocycles. The van der Waals surface area contributed by atoms with Crippen molar-refractivity contribution < 1.29 is 4.42 Å². The molecule has 1 atom stereocenters. The molecule has 2 aromatic heterocycles. The molecule has 0 aliphatic carbocycles. The van der Waals surface area contributed by atoms with Gasteiger partial charge in [-0.15, -0.1) is 0 Å². The van der Waals surface area contributed by atoms with Gasteiger partial charge in [0, 0.05) is 37.9 Å². The van der Waals surface area contributed by atoms with Gasteiger partial charge in [0.15, 0.2) is 11.5 Å². The van der Waals surface area contributed by atoms with Crippen LogP contribution in [0.2, 0.25) is 0 Å². The number of piperidine rings is 1. The highest BCUT2D eigenvalue weighted by atomic mass is 16.3. The molecule has 4 heteroatoms. The number of rotatable bonds is 3. The van der Waals surface area contributed by atoms with Gasteiger partial charge in [-0.05, 0) is 43.7 Å². The summed E-state index contributed by atoms with van der Waals surface area (Å²) in [5.74, 6) is 1.30. The molecule has 1 unspecified atom stereocenters. The standard InChI is InChI=1S/C18H21N3O/c1-20-10-5-7-15(20)13-21-11-4-6-14(12-21)18-19-16-8-2-3-9-17(16)22-18/h2-3,5,7-10,14H,4,6,11-13H2,1H3. The van der Waals surface area contributed by atoms with Crippen molar-refractivity contribution in [1.82, 2.24) is 14.5 Å². The van der Waals surface area contributed by atoms with Gasteiger partial charge in [-0.2, -0.15) is 0 Å². The second-order valence-electron chi connectivity index (χ2n) is 6.20. The van der Waals surface area contributed by atoms with E-state index < -0.39 is 0 Å². The number of benzene rings is 1. The van der Waals surface area contributed by atoms with E-state index in [0.717, 1.165) is 43.0 Å². The summed E-state index contributed by atoms with van der Waals surface area (Å²) in [6, 6.07) is 12.3. The van der Waals surface area contributed by atoms with Gasteiger partial charge in [0.2, 0.25) is 0 Å². The lowest BCUT2D eigenvalue weighted by Gasteiger charge is -2.31. The van der Waals surface area contributed by atoms with E-state index >= 15 is 0 Å². The summed E-state index contributed by atoms with van der Waals surface area (Å²) in [6.45, 7) is 3.18. The zero-order valence-corrected chi connectivity index (χ0v) is 12.9. The van der Waals surface area contributed by atoms with E-state index in [-0.39, 0.29) is 0 Å². The van der Waals surface area contributed by atoms with Crippen LogP contribution in [-0.2, 0) is 13.6 Å². The summed E-state index contributed by atoms with van der Waals surface area (Å²) in [4.78, 5) is 7.20. The van der Waals surface area contributed by atoms with Gasteiger partial charge in [-0.3, -0.25) is 4.90 Å². The smallest absolute Gasteiger partial charge is 0.199 e. The Morgan fingerprint density at radius 2 is 2.14 bits per heavy atom. The number of aryl methyl sites for hydroxylation is 1. The highest BCUT2D eigenvalue weighted by Gasteiger charge is 2.25. The summed E-state index contributed by atoms with van der Waals surface area (Å²) >= 11 is 0. The first-order valence-electron chi connectivity index (χ1n) is 7.97. The fourth-order valence-electron chi connectivity index (χ4n) is 3.36. The summed E-state index contributed by atoms with van der Waals surface area (Å²) in [5, 5.41) is 0. The topological polar surface area (TPSA) is 34.2 Å². The average molecular weight is 295 g/mol. The predicted molar refractivity (Wildman–Crippen MR) is 86.7 cm³/mol. The molecule has 3 aromatic rings. The SMILES string of the molecule is Cn1cccc1CN1CCCC(c2nc3ccccc3o2)C1. The number of para-hydroxylation sites is 2. The molecule has 0 radical (unpaired) electrons. The van der Waals surface area contributed by atoms with E-state index in [4.69, 9.17) is 4.42 Å². The first kappa shape index (κ1) is 13.6. The highest BCUT2D eigenvalue weighted by Crippen LogP contribution is 2.29. The fraction of sp³-hybridized carbons (Fsp3) is 0.389. The minimum atomic E-state index is 0.404. The number of hydrogen-bond acceptors (Lipinski definition) is 3. The quantitative estimate of drug-likeness (QED) is 0.741. The second-order valence-corrected chi connectivity index (χ2v) is 6.20. The van der Waals surface area contributed by atoms with Crippen molar-refractivity contribution in [3.8, 4) is 0 Å². The molecule has 1 aliphatic heterocycles. The Balaban J connectivity index is 1.51. The van der Waals surface area contributed by atoms with E-state index in [1.165, 1.54) is 12.1 Å². The number of fused-ring (bicyclic) bond motifs is 1. The Kier molecular flexibility index (Phi) is 3.47. The number of likely N-dealkylation sites (tertiary alicyclic amines) is 1. The maximum atomic E-state index is 5.97. The summed E-state index contributed by atoms with van der Waals surface area (Å²) in [6.07, 6.45) is 4.47. The number of oxazole rings is 1. The van der Waals surface area contributed by atoms with E-state index in [9.17, 15) is 0 Å². The molecule has 4 nitrogen and oxygen atoms in total. The molecule has 1 fully saturated rings. The highest BCUT2D eigenvalue weighted by molar-refractivity contribution is 5.72. The van der Waals surface area contributed by atoms with Crippen molar-refractivity contribution in [1.29, 1.82) is 0 Å². The van der Waals surface area contributed by atoms with Crippen LogP contribution in [0, 0.1) is 0 Å². The molecule has 0 bridgehead atoms. The first-order chi connectivity index (χ1) is 10.8. The van der Waals surface area contributed by atoms with Gasteiger partial charge in [0.05, 0.1) is 0 Å². The van der Waals surface area contributed by atoms with E-state index in [2.05, 4.69) is 39.8 Å². The van der Waals surface area contributed by atoms with Crippen molar-refractivity contribution in [3.05, 3.63) is 54.2 Å². The van der Waals surface area contributed by atoms with Crippen LogP contribution in [0.15, 0.2) is 47.0 Å². The number of nitrogens with zero attached hydrogens (tertiary/aromatic N) is 3. The van der Waals surface area contributed by atoms with Crippen molar-refractivity contribution in [2.45, 2.75) is 25.3 Å². The molecule has 1 aromatic carbocycles. The zero-order valence-electron chi connectivity index (χ0n) is 12.9. The maximum Gasteiger partial charge on any atom is 0.199 e. The molecule has 114 valence electrons. The lowest BCUT2D eigenvalue weighted by Crippen LogP contribution is -2.34. The van der Waals surface area contributed by atoms with E-state index in [1.54, 1.807) is 0 Å². The van der Waals surface area contributed by atoms with Crippen LogP contribution < -0.4 is 0 Å². The third kappa shape index (κ3) is 2.55. The normalized spacial score (nSPS) is 19.8. The molecule has 0 spiro atoms. The number of aromatic nitrogens is 2. The third-order valence-electron chi connectivity index (χ3n) is 4.60. The van der Waals surface area contributed by atoms with Crippen LogP contribution >= 0.6 is 0 Å². The van der Waals surface area contributed by atoms with Crippen LogP contribution in [-0.4, -0.2) is 27.5 Å². The molecule has 0 saturated carbocycles. The van der Waals surface area contributed by atoms with Crippen LogP contribution in [0.5, 0.6) is 0 Å². The van der Waals surface area contributed by atoms with Crippen molar-refractivity contribution in [2.75, 3.05) is 13.1 Å². The molecule has 0 N–H and O–H groups in total. The lowest BCUT2D eigenvalue weighted by molar-refractivity contribution is 0.184. The van der Waals surface area contributed by atoms with Gasteiger partial charge in [-0.25, -0.2) is 4.98 Å². The Bertz CT molecular complexity index is 740. The molecule has 22 heavy (non-hydrogen) atoms. The van der Waals surface area contributed by atoms with Gasteiger partial charge >= 0.3 is 0 Å². The Hall–Kier alpha value is -2.07. The Morgan fingerprint density at radius 3 is 2.95 bits per heavy atom. The zero-order chi connectivity index (χ0) is 14.9. The summed E-state index contributed by atoms with van der Waals surface area (Å²) in [5.41, 5.74) is 3.23. The molecule has 0 amide bonds. The molecule has 1 aliphatic rings. The molecule has 4 rings (SSSR count). The van der Waals surface area contributed by atoms with Crippen molar-refractivity contribution in [2.24, 2.45) is 7.05 Å². The van der Waals surface area contributed by atoms with Crippen molar-refractivity contribution in [3.63, 3.8) is 0 Å². The Labute approximate surface area is 130 Å². The monoisotopic (exact) mass is 295 g/mol. The van der Waals surface area contributed by atoms with E-state index in [0.29, 0.717) is 5.92 Å². The minimum Gasteiger partial charge on any atom is -0.440 e. The van der Waals surface area contributed by atoms with Crippen LogP contribution in [0.25, 0.3) is 11.1 Å².